The second kappa shape index (κ2) is 5.68. The fourth-order valence-corrected chi connectivity index (χ4v) is 2.98. The standard InChI is InChI=1S/C11H9Br2N3O3S/c12-6-3-10(15-5-6)11(17)16-9-2-1-7(4-8(9)13)20(14,18)19/h1-5,15H,(H,16,17)(H2,14,18,19). The van der Waals surface area contributed by atoms with Gasteiger partial charge in [-0.25, -0.2) is 13.6 Å². The molecule has 1 amide bonds. The van der Waals surface area contributed by atoms with Gasteiger partial charge in [-0.2, -0.15) is 0 Å². The number of hydrogen-bond acceptors (Lipinski definition) is 3. The first-order chi connectivity index (χ1) is 9.27. The molecule has 106 valence electrons. The number of H-pyrrole nitrogens is 1. The van der Waals surface area contributed by atoms with Gasteiger partial charge in [-0.05, 0) is 56.1 Å². The SMILES string of the molecule is NS(=O)(=O)c1ccc(NC(=O)c2cc(Br)c[nH]2)c(Br)c1. The molecule has 0 spiro atoms. The van der Waals surface area contributed by atoms with Gasteiger partial charge in [0.1, 0.15) is 5.69 Å². The Morgan fingerprint density at radius 1 is 1.25 bits per heavy atom. The smallest absolute Gasteiger partial charge is 0.272 e. The molecule has 4 N–H and O–H groups in total. The fourth-order valence-electron chi connectivity index (χ4n) is 1.46. The minimum atomic E-state index is -3.77. The van der Waals surface area contributed by atoms with Crippen LogP contribution in [0.25, 0.3) is 0 Å². The Hall–Kier alpha value is -1.16. The Bertz CT molecular complexity index is 771. The molecule has 0 atom stereocenters. The normalized spacial score (nSPS) is 11.3. The Morgan fingerprint density at radius 3 is 2.45 bits per heavy atom. The van der Waals surface area contributed by atoms with Gasteiger partial charge >= 0.3 is 0 Å². The molecule has 20 heavy (non-hydrogen) atoms. The van der Waals surface area contributed by atoms with E-state index in [0.717, 1.165) is 4.47 Å². The van der Waals surface area contributed by atoms with Crippen LogP contribution in [-0.2, 0) is 10.0 Å². The van der Waals surface area contributed by atoms with Gasteiger partial charge in [0.05, 0.1) is 10.6 Å². The van der Waals surface area contributed by atoms with Gasteiger partial charge in [0.15, 0.2) is 0 Å². The van der Waals surface area contributed by atoms with E-state index in [4.69, 9.17) is 5.14 Å². The number of aromatic amines is 1. The summed E-state index contributed by atoms with van der Waals surface area (Å²) in [6.07, 6.45) is 1.63. The highest BCUT2D eigenvalue weighted by atomic mass is 79.9. The molecule has 1 aromatic carbocycles. The summed E-state index contributed by atoms with van der Waals surface area (Å²) in [5.74, 6) is -0.347. The molecule has 0 fully saturated rings. The Labute approximate surface area is 132 Å². The van der Waals surface area contributed by atoms with Gasteiger partial charge in [-0.1, -0.05) is 0 Å². The molecule has 0 saturated heterocycles. The van der Waals surface area contributed by atoms with Crippen molar-refractivity contribution in [1.82, 2.24) is 4.98 Å². The van der Waals surface area contributed by atoms with Gasteiger partial charge in [-0.15, -0.1) is 0 Å². The van der Waals surface area contributed by atoms with E-state index in [1.54, 1.807) is 12.3 Å². The molecule has 2 aromatic rings. The zero-order chi connectivity index (χ0) is 14.9. The maximum absolute atomic E-state index is 11.9. The number of rotatable bonds is 3. The summed E-state index contributed by atoms with van der Waals surface area (Å²) in [4.78, 5) is 14.7. The van der Waals surface area contributed by atoms with E-state index in [1.165, 1.54) is 18.2 Å². The van der Waals surface area contributed by atoms with Crippen molar-refractivity contribution in [2.45, 2.75) is 4.90 Å². The molecule has 0 aliphatic heterocycles. The van der Waals surface area contributed by atoms with Gasteiger partial charge in [-0.3, -0.25) is 4.79 Å². The number of benzene rings is 1. The third-order valence-electron chi connectivity index (χ3n) is 2.41. The number of amides is 1. The predicted molar refractivity (Wildman–Crippen MR) is 82.0 cm³/mol. The van der Waals surface area contributed by atoms with Crippen LogP contribution in [0, 0.1) is 0 Å². The van der Waals surface area contributed by atoms with Crippen LogP contribution in [0.15, 0.2) is 44.3 Å². The number of nitrogens with two attached hydrogens (primary N) is 1. The highest BCUT2D eigenvalue weighted by Gasteiger charge is 2.13. The largest absolute Gasteiger partial charge is 0.356 e. The lowest BCUT2D eigenvalue weighted by Crippen LogP contribution is -2.14. The molecule has 2 rings (SSSR count). The molecule has 0 aliphatic rings. The molecule has 0 radical (unpaired) electrons. The zero-order valence-electron chi connectivity index (χ0n) is 9.85. The lowest BCUT2D eigenvalue weighted by Gasteiger charge is -2.07. The summed E-state index contributed by atoms with van der Waals surface area (Å²) in [5, 5.41) is 7.67. The Kier molecular flexibility index (Phi) is 4.33. The number of aromatic nitrogens is 1. The summed E-state index contributed by atoms with van der Waals surface area (Å²) in [5.41, 5.74) is 0.812. The lowest BCUT2D eigenvalue weighted by atomic mass is 10.3. The van der Waals surface area contributed by atoms with Crippen LogP contribution in [0.4, 0.5) is 5.69 Å². The van der Waals surface area contributed by atoms with Crippen molar-refractivity contribution in [2.24, 2.45) is 5.14 Å². The van der Waals surface area contributed by atoms with E-state index in [2.05, 4.69) is 42.2 Å². The minimum absolute atomic E-state index is 0.0370. The zero-order valence-corrected chi connectivity index (χ0v) is 13.8. The summed E-state index contributed by atoms with van der Waals surface area (Å²) in [6, 6.07) is 5.73. The van der Waals surface area contributed by atoms with E-state index in [1.807, 2.05) is 0 Å². The van der Waals surface area contributed by atoms with Gasteiger partial charge in [0.2, 0.25) is 10.0 Å². The molecule has 1 heterocycles. The monoisotopic (exact) mass is 421 g/mol. The number of anilines is 1. The average molecular weight is 423 g/mol. The molecule has 0 unspecified atom stereocenters. The number of carbonyl (C=O) groups excluding carboxylic acids is 1. The molecular weight excluding hydrogens is 414 g/mol. The molecular formula is C11H9Br2N3O3S. The molecule has 9 heteroatoms. The third kappa shape index (κ3) is 3.48. The molecule has 0 bridgehead atoms. The van der Waals surface area contributed by atoms with E-state index in [0.29, 0.717) is 15.9 Å². The van der Waals surface area contributed by atoms with E-state index in [-0.39, 0.29) is 10.8 Å². The van der Waals surface area contributed by atoms with Crippen LogP contribution in [0.5, 0.6) is 0 Å². The summed E-state index contributed by atoms with van der Waals surface area (Å²) >= 11 is 6.42. The second-order valence-electron chi connectivity index (χ2n) is 3.87. The number of primary sulfonamides is 1. The topological polar surface area (TPSA) is 105 Å². The number of halogens is 2. The van der Waals surface area contributed by atoms with Crippen LogP contribution in [0.2, 0.25) is 0 Å². The number of hydrogen-bond donors (Lipinski definition) is 3. The Balaban J connectivity index is 2.25. The first kappa shape index (κ1) is 15.2. The molecule has 1 aromatic heterocycles. The fraction of sp³-hybridized carbons (Fsp3) is 0. The average Bonchev–Trinajstić information content (AvgIpc) is 2.77. The van der Waals surface area contributed by atoms with E-state index >= 15 is 0 Å². The first-order valence-electron chi connectivity index (χ1n) is 5.25. The Morgan fingerprint density at radius 2 is 1.95 bits per heavy atom. The predicted octanol–water partition coefficient (Wildman–Crippen LogP) is 2.44. The number of nitrogens with one attached hydrogen (secondary N) is 2. The van der Waals surface area contributed by atoms with Gasteiger partial charge in [0, 0.05) is 15.1 Å². The van der Waals surface area contributed by atoms with Crippen molar-refractivity contribution >= 4 is 53.5 Å². The summed E-state index contributed by atoms with van der Waals surface area (Å²) < 4.78 is 23.6. The number of sulfonamides is 1. The molecule has 0 aliphatic carbocycles. The van der Waals surface area contributed by atoms with E-state index in [9.17, 15) is 13.2 Å². The third-order valence-corrected chi connectivity index (χ3v) is 4.43. The minimum Gasteiger partial charge on any atom is -0.356 e. The van der Waals surface area contributed by atoms with Crippen molar-refractivity contribution in [2.75, 3.05) is 5.32 Å². The van der Waals surface area contributed by atoms with E-state index < -0.39 is 10.0 Å². The molecule has 0 saturated carbocycles. The second-order valence-corrected chi connectivity index (χ2v) is 7.20. The van der Waals surface area contributed by atoms with Crippen molar-refractivity contribution in [3.8, 4) is 0 Å². The highest BCUT2D eigenvalue weighted by Crippen LogP contribution is 2.26. The van der Waals surface area contributed by atoms with Crippen LogP contribution >= 0.6 is 31.9 Å². The van der Waals surface area contributed by atoms with Crippen molar-refractivity contribution < 1.29 is 13.2 Å². The van der Waals surface area contributed by atoms with Crippen molar-refractivity contribution in [3.05, 3.63) is 45.1 Å². The van der Waals surface area contributed by atoms with Crippen LogP contribution in [-0.4, -0.2) is 19.3 Å². The summed E-state index contributed by atoms with van der Waals surface area (Å²) in [6.45, 7) is 0. The van der Waals surface area contributed by atoms with Gasteiger partial charge in [0.25, 0.3) is 5.91 Å². The van der Waals surface area contributed by atoms with Crippen LogP contribution in [0.1, 0.15) is 10.5 Å². The van der Waals surface area contributed by atoms with Gasteiger partial charge < -0.3 is 10.3 Å². The highest BCUT2D eigenvalue weighted by molar-refractivity contribution is 9.10. The lowest BCUT2D eigenvalue weighted by molar-refractivity contribution is 0.102. The summed E-state index contributed by atoms with van der Waals surface area (Å²) in [7, 11) is -3.77. The van der Waals surface area contributed by atoms with Crippen LogP contribution in [0.3, 0.4) is 0 Å². The van der Waals surface area contributed by atoms with Crippen molar-refractivity contribution in [3.63, 3.8) is 0 Å². The quantitative estimate of drug-likeness (QED) is 0.707. The maximum Gasteiger partial charge on any atom is 0.272 e. The van der Waals surface area contributed by atoms with Crippen LogP contribution < -0.4 is 10.5 Å². The first-order valence-corrected chi connectivity index (χ1v) is 8.38. The van der Waals surface area contributed by atoms with Crippen molar-refractivity contribution in [1.29, 1.82) is 0 Å². The number of carbonyl (C=O) groups is 1. The maximum atomic E-state index is 11.9. The molecule has 6 nitrogen and oxygen atoms in total.